The number of hydrogen-bond acceptors (Lipinski definition) is 11. The minimum absolute atomic E-state index is 0.0211. The van der Waals surface area contributed by atoms with Crippen LogP contribution in [0.2, 0.25) is 0 Å². The van der Waals surface area contributed by atoms with Gasteiger partial charge in [-0.2, -0.15) is 5.26 Å². The first-order valence-corrected chi connectivity index (χ1v) is 14.5. The molecule has 1 aliphatic heterocycles. The third-order valence-corrected chi connectivity index (χ3v) is 7.71. The van der Waals surface area contributed by atoms with Crippen LogP contribution < -0.4 is 24.3 Å². The lowest BCUT2D eigenvalue weighted by Crippen LogP contribution is -2.39. The van der Waals surface area contributed by atoms with Gasteiger partial charge in [0.05, 0.1) is 18.2 Å². The summed E-state index contributed by atoms with van der Waals surface area (Å²) in [6, 6.07) is 21.4. The minimum Gasteiger partial charge on any atom is -0.488 e. The zero-order chi connectivity index (χ0) is 32.0. The number of fused-ring (bicyclic) bond motifs is 2. The maximum absolute atomic E-state index is 11.5. The Bertz CT molecular complexity index is 1930. The van der Waals surface area contributed by atoms with E-state index in [2.05, 4.69) is 21.7 Å². The molecule has 4 aromatic carbocycles. The van der Waals surface area contributed by atoms with Crippen LogP contribution in [0.4, 0.5) is 0 Å². The number of carboxylic acid groups (broad SMARTS) is 1. The van der Waals surface area contributed by atoms with Crippen molar-refractivity contribution < 1.29 is 38.6 Å². The van der Waals surface area contributed by atoms with Crippen LogP contribution in [0.15, 0.2) is 71.4 Å². The lowest BCUT2D eigenvalue weighted by Gasteiger charge is -2.20. The summed E-state index contributed by atoms with van der Waals surface area (Å²) in [4.78, 5) is 11.5. The summed E-state index contributed by atoms with van der Waals surface area (Å²) in [5, 5.41) is 39.2. The Labute approximate surface area is 263 Å². The number of hydrogen-bond donors (Lipinski definition) is 3. The molecule has 0 fully saturated rings. The molecule has 12 heteroatoms. The fourth-order valence-electron chi connectivity index (χ4n) is 5.22. The number of aliphatic hydroxyl groups excluding tert-OH is 1. The average molecular weight is 623 g/mol. The molecule has 1 atom stereocenters. The van der Waals surface area contributed by atoms with E-state index < -0.39 is 18.6 Å². The molecule has 6 rings (SSSR count). The van der Waals surface area contributed by atoms with Crippen LogP contribution in [0.3, 0.4) is 0 Å². The molecule has 0 bridgehead atoms. The van der Waals surface area contributed by atoms with Crippen LogP contribution >= 0.6 is 0 Å². The number of aliphatic hydroxyl groups is 1. The van der Waals surface area contributed by atoms with Gasteiger partial charge in [-0.3, -0.25) is 10.1 Å². The van der Waals surface area contributed by atoms with Gasteiger partial charge in [-0.15, -0.1) is 0 Å². The van der Waals surface area contributed by atoms with Crippen molar-refractivity contribution in [3.8, 4) is 40.2 Å². The highest BCUT2D eigenvalue weighted by Gasteiger charge is 2.23. The van der Waals surface area contributed by atoms with E-state index in [1.54, 1.807) is 24.3 Å². The standard InChI is InChI=1S/C34H30N4O8/c1-20-24(6-3-7-25(20)23-8-9-28-30(13-23)43-11-10-42-28)19-45-31-14-29(44-18-22-5-2-4-21(12-22)15-35)26(32-33(31)38-46-37-32)16-36-27(17-39)34(40)41/h2-9,12-14,27,36,39H,10-11,16-19H2,1H3,(H,40,41)/t27-/m1/s1. The van der Waals surface area contributed by atoms with Crippen molar-refractivity contribution in [3.63, 3.8) is 0 Å². The van der Waals surface area contributed by atoms with Crippen molar-refractivity contribution in [1.82, 2.24) is 15.6 Å². The topological polar surface area (TPSA) is 169 Å². The van der Waals surface area contributed by atoms with Gasteiger partial charge in [0.1, 0.15) is 43.7 Å². The molecule has 0 unspecified atom stereocenters. The number of carbonyl (C=O) groups is 1. The smallest absolute Gasteiger partial charge is 0.323 e. The molecule has 1 aromatic heterocycles. The first kappa shape index (κ1) is 30.4. The van der Waals surface area contributed by atoms with Crippen molar-refractivity contribution in [3.05, 3.63) is 94.5 Å². The van der Waals surface area contributed by atoms with Gasteiger partial charge in [-0.05, 0) is 69.3 Å². The maximum Gasteiger partial charge on any atom is 0.323 e. The van der Waals surface area contributed by atoms with Crippen molar-refractivity contribution >= 4 is 17.0 Å². The Morgan fingerprint density at radius 2 is 1.76 bits per heavy atom. The lowest BCUT2D eigenvalue weighted by atomic mass is 9.96. The van der Waals surface area contributed by atoms with E-state index in [-0.39, 0.29) is 19.8 Å². The third kappa shape index (κ3) is 6.41. The van der Waals surface area contributed by atoms with E-state index in [1.807, 2.05) is 49.4 Å². The Morgan fingerprint density at radius 1 is 0.978 bits per heavy atom. The molecule has 0 aliphatic carbocycles. The van der Waals surface area contributed by atoms with Gasteiger partial charge in [-0.25, -0.2) is 4.63 Å². The molecular weight excluding hydrogens is 592 g/mol. The number of carboxylic acids is 1. The van der Waals surface area contributed by atoms with Crippen LogP contribution in [-0.4, -0.2) is 52.4 Å². The van der Waals surface area contributed by atoms with Gasteiger partial charge in [0.2, 0.25) is 0 Å². The number of nitriles is 1. The summed E-state index contributed by atoms with van der Waals surface area (Å²) in [7, 11) is 0. The van der Waals surface area contributed by atoms with Gasteiger partial charge >= 0.3 is 5.97 Å². The summed E-state index contributed by atoms with van der Waals surface area (Å²) in [5.74, 6) is 0.919. The third-order valence-electron chi connectivity index (χ3n) is 7.71. The quantitative estimate of drug-likeness (QED) is 0.178. The number of benzene rings is 4. The SMILES string of the molecule is Cc1c(COc2cc(OCc3cccc(C#N)c3)c(CN[C@H](CO)C(=O)O)c3nonc23)cccc1-c1ccc2c(c1)OCCO2. The first-order chi connectivity index (χ1) is 22.4. The van der Waals surface area contributed by atoms with Gasteiger partial charge in [0.25, 0.3) is 0 Å². The maximum atomic E-state index is 11.5. The Kier molecular flexibility index (Phi) is 8.96. The lowest BCUT2D eigenvalue weighted by molar-refractivity contribution is -0.140. The van der Waals surface area contributed by atoms with Crippen LogP contribution in [0.25, 0.3) is 22.2 Å². The molecule has 0 radical (unpaired) electrons. The fourth-order valence-corrected chi connectivity index (χ4v) is 5.22. The molecule has 12 nitrogen and oxygen atoms in total. The summed E-state index contributed by atoms with van der Waals surface area (Å²) in [6.45, 7) is 2.72. The number of nitrogens with zero attached hydrogens (tertiary/aromatic N) is 3. The highest BCUT2D eigenvalue weighted by atomic mass is 16.6. The summed E-state index contributed by atoms with van der Waals surface area (Å²) < 4.78 is 29.0. The monoisotopic (exact) mass is 622 g/mol. The van der Waals surface area contributed by atoms with E-state index >= 15 is 0 Å². The molecule has 1 aliphatic rings. The molecule has 0 amide bonds. The molecule has 5 aromatic rings. The average Bonchev–Trinajstić information content (AvgIpc) is 3.58. The number of rotatable bonds is 12. The summed E-state index contributed by atoms with van der Waals surface area (Å²) in [5.41, 5.74) is 6.32. The van der Waals surface area contributed by atoms with Crippen LogP contribution in [0.5, 0.6) is 23.0 Å². The molecule has 2 heterocycles. The predicted octanol–water partition coefficient (Wildman–Crippen LogP) is 4.53. The second-order valence-corrected chi connectivity index (χ2v) is 10.6. The Morgan fingerprint density at radius 3 is 2.57 bits per heavy atom. The fraction of sp³-hybridized carbons (Fsp3) is 0.235. The minimum atomic E-state index is -1.21. The number of aliphatic carboxylic acids is 1. The number of nitrogens with one attached hydrogen (secondary N) is 1. The Hall–Kier alpha value is -5.64. The normalized spacial score (nSPS) is 12.8. The van der Waals surface area contributed by atoms with Gasteiger partial charge < -0.3 is 29.2 Å². The largest absolute Gasteiger partial charge is 0.488 e. The second kappa shape index (κ2) is 13.6. The summed E-state index contributed by atoms with van der Waals surface area (Å²) >= 11 is 0. The van der Waals surface area contributed by atoms with Crippen molar-refractivity contribution in [2.45, 2.75) is 32.7 Å². The van der Waals surface area contributed by atoms with Gasteiger partial charge in [0.15, 0.2) is 22.8 Å². The molecule has 0 saturated carbocycles. The molecule has 3 N–H and O–H groups in total. The van der Waals surface area contributed by atoms with E-state index in [0.717, 1.165) is 33.6 Å². The van der Waals surface area contributed by atoms with E-state index in [9.17, 15) is 20.3 Å². The molecular formula is C34H30N4O8. The van der Waals surface area contributed by atoms with E-state index in [4.69, 9.17) is 23.6 Å². The van der Waals surface area contributed by atoms with Crippen LogP contribution in [0, 0.1) is 18.3 Å². The highest BCUT2D eigenvalue weighted by Crippen LogP contribution is 2.38. The highest BCUT2D eigenvalue weighted by molar-refractivity contribution is 5.86. The predicted molar refractivity (Wildman–Crippen MR) is 165 cm³/mol. The Balaban J connectivity index is 1.30. The first-order valence-electron chi connectivity index (χ1n) is 14.5. The van der Waals surface area contributed by atoms with Gasteiger partial charge in [-0.1, -0.05) is 36.4 Å². The van der Waals surface area contributed by atoms with Crippen molar-refractivity contribution in [1.29, 1.82) is 5.26 Å². The second-order valence-electron chi connectivity index (χ2n) is 10.6. The van der Waals surface area contributed by atoms with E-state index in [0.29, 0.717) is 52.6 Å². The van der Waals surface area contributed by atoms with Crippen molar-refractivity contribution in [2.75, 3.05) is 19.8 Å². The molecule has 46 heavy (non-hydrogen) atoms. The van der Waals surface area contributed by atoms with Gasteiger partial charge in [0, 0.05) is 18.2 Å². The number of ether oxygens (including phenoxy) is 4. The zero-order valence-electron chi connectivity index (χ0n) is 24.9. The number of aromatic nitrogens is 2. The molecule has 0 spiro atoms. The summed E-state index contributed by atoms with van der Waals surface area (Å²) in [6.07, 6.45) is 0. The van der Waals surface area contributed by atoms with Crippen LogP contribution in [-0.2, 0) is 24.6 Å². The van der Waals surface area contributed by atoms with E-state index in [1.165, 1.54) is 0 Å². The van der Waals surface area contributed by atoms with Crippen LogP contribution in [0.1, 0.15) is 27.8 Å². The molecule has 234 valence electrons. The zero-order valence-corrected chi connectivity index (χ0v) is 24.9. The molecule has 0 saturated heterocycles. The van der Waals surface area contributed by atoms with Crippen molar-refractivity contribution in [2.24, 2.45) is 0 Å².